The van der Waals surface area contributed by atoms with Crippen molar-refractivity contribution in [1.82, 2.24) is 16.2 Å². The van der Waals surface area contributed by atoms with Crippen LogP contribution in [-0.2, 0) is 4.79 Å². The third-order valence-corrected chi connectivity index (χ3v) is 6.44. The number of nitrogens with zero attached hydrogens (tertiary/aromatic N) is 1. The number of carbonyl (C=O) groups excluding carboxylic acids is 3. The second-order valence-electron chi connectivity index (χ2n) is 8.70. The number of nitro groups is 1. The van der Waals surface area contributed by atoms with Crippen molar-refractivity contribution in [1.29, 1.82) is 0 Å². The zero-order valence-corrected chi connectivity index (χ0v) is 19.0. The molecule has 0 saturated heterocycles. The number of amides is 3. The monoisotopic (exact) mass is 474 g/mol. The average Bonchev–Trinajstić information content (AvgIpc) is 2.90. The minimum atomic E-state index is -0.509. The van der Waals surface area contributed by atoms with Gasteiger partial charge in [-0.15, -0.1) is 0 Å². The minimum absolute atomic E-state index is 0.0635. The molecule has 1 aliphatic rings. The van der Waals surface area contributed by atoms with Gasteiger partial charge in [0.25, 0.3) is 17.5 Å². The minimum Gasteiger partial charge on any atom is -0.352 e. The quantitative estimate of drug-likeness (QED) is 0.370. The fourth-order valence-corrected chi connectivity index (χ4v) is 4.41. The largest absolute Gasteiger partial charge is 0.352 e. The fourth-order valence-electron chi connectivity index (χ4n) is 4.41. The van der Waals surface area contributed by atoms with Gasteiger partial charge in [-0.1, -0.05) is 36.4 Å². The van der Waals surface area contributed by atoms with Gasteiger partial charge in [0.2, 0.25) is 5.91 Å². The Morgan fingerprint density at radius 1 is 0.829 bits per heavy atom. The summed E-state index contributed by atoms with van der Waals surface area (Å²) in [4.78, 5) is 47.7. The smallest absolute Gasteiger partial charge is 0.270 e. The Morgan fingerprint density at radius 3 is 2.23 bits per heavy atom. The van der Waals surface area contributed by atoms with Crippen molar-refractivity contribution in [2.75, 3.05) is 6.54 Å². The molecule has 9 nitrogen and oxygen atoms in total. The highest BCUT2D eigenvalue weighted by Crippen LogP contribution is 2.28. The molecule has 180 valence electrons. The second-order valence-corrected chi connectivity index (χ2v) is 8.70. The lowest BCUT2D eigenvalue weighted by Crippen LogP contribution is -2.45. The molecule has 0 heterocycles. The van der Waals surface area contributed by atoms with Crippen LogP contribution in [-0.4, -0.2) is 29.2 Å². The van der Waals surface area contributed by atoms with E-state index in [9.17, 15) is 24.5 Å². The average molecular weight is 475 g/mol. The normalized spacial score (nSPS) is 17.4. The van der Waals surface area contributed by atoms with Crippen molar-refractivity contribution in [3.8, 4) is 0 Å². The summed E-state index contributed by atoms with van der Waals surface area (Å²) in [6, 6.07) is 18.5. The number of benzene rings is 3. The highest BCUT2D eigenvalue weighted by Gasteiger charge is 2.27. The Hall–Kier alpha value is -4.27. The molecule has 1 fully saturated rings. The predicted molar refractivity (Wildman–Crippen MR) is 130 cm³/mol. The van der Waals surface area contributed by atoms with E-state index < -0.39 is 4.92 Å². The molecule has 0 unspecified atom stereocenters. The summed E-state index contributed by atoms with van der Waals surface area (Å²) in [5, 5.41) is 15.4. The van der Waals surface area contributed by atoms with Gasteiger partial charge >= 0.3 is 0 Å². The van der Waals surface area contributed by atoms with Gasteiger partial charge in [-0.25, -0.2) is 0 Å². The Kier molecular flexibility index (Phi) is 7.35. The summed E-state index contributed by atoms with van der Waals surface area (Å²) in [6.45, 7) is 0.474. The first kappa shape index (κ1) is 23.9. The third-order valence-electron chi connectivity index (χ3n) is 6.44. The van der Waals surface area contributed by atoms with Gasteiger partial charge < -0.3 is 5.32 Å². The molecular formula is C26H26N4O5. The molecule has 0 bridgehead atoms. The molecule has 0 radical (unpaired) electrons. The van der Waals surface area contributed by atoms with E-state index >= 15 is 0 Å². The van der Waals surface area contributed by atoms with E-state index in [4.69, 9.17) is 0 Å². The topological polar surface area (TPSA) is 130 Å². The molecule has 0 aliphatic heterocycles. The first-order valence-electron chi connectivity index (χ1n) is 11.5. The van der Waals surface area contributed by atoms with Gasteiger partial charge in [-0.05, 0) is 60.6 Å². The first-order valence-corrected chi connectivity index (χ1v) is 11.5. The molecule has 0 spiro atoms. The zero-order valence-electron chi connectivity index (χ0n) is 19.0. The number of fused-ring (bicyclic) bond motifs is 1. The van der Waals surface area contributed by atoms with Gasteiger partial charge in [0, 0.05) is 35.7 Å². The maximum atomic E-state index is 12.6. The number of hydrazine groups is 1. The molecule has 9 heteroatoms. The van der Waals surface area contributed by atoms with E-state index in [1.165, 1.54) is 24.3 Å². The van der Waals surface area contributed by atoms with E-state index in [1.54, 1.807) is 12.1 Å². The SMILES string of the molecule is O=C(NCC1CCC(C(=O)NNC(=O)c2cccc3ccccc23)CC1)c1ccc([N+](=O)[O-])cc1. The van der Waals surface area contributed by atoms with Crippen LogP contribution in [0.4, 0.5) is 5.69 Å². The molecular weight excluding hydrogens is 448 g/mol. The standard InChI is InChI=1S/C26H26N4O5/c31-24(19-12-14-21(15-13-19)30(34)35)27-16-17-8-10-20(11-9-17)25(32)28-29-26(33)23-7-3-5-18-4-1-2-6-22(18)23/h1-7,12-15,17,20H,8-11,16H2,(H,27,31)(H,28,32)(H,29,33). The van der Waals surface area contributed by atoms with E-state index in [0.29, 0.717) is 30.5 Å². The summed E-state index contributed by atoms with van der Waals surface area (Å²) in [6.07, 6.45) is 2.87. The third kappa shape index (κ3) is 5.81. The molecule has 0 atom stereocenters. The van der Waals surface area contributed by atoms with Crippen molar-refractivity contribution in [2.45, 2.75) is 25.7 Å². The second kappa shape index (κ2) is 10.8. The molecule has 35 heavy (non-hydrogen) atoms. The number of carbonyl (C=O) groups is 3. The van der Waals surface area contributed by atoms with Crippen LogP contribution in [0.1, 0.15) is 46.4 Å². The lowest BCUT2D eigenvalue weighted by atomic mass is 9.81. The zero-order chi connectivity index (χ0) is 24.8. The van der Waals surface area contributed by atoms with Gasteiger partial charge in [-0.3, -0.25) is 35.3 Å². The lowest BCUT2D eigenvalue weighted by Gasteiger charge is -2.28. The maximum absolute atomic E-state index is 12.6. The van der Waals surface area contributed by atoms with Crippen molar-refractivity contribution < 1.29 is 19.3 Å². The summed E-state index contributed by atoms with van der Waals surface area (Å²) < 4.78 is 0. The van der Waals surface area contributed by atoms with Gasteiger partial charge in [0.1, 0.15) is 0 Å². The van der Waals surface area contributed by atoms with Crippen LogP contribution >= 0.6 is 0 Å². The Balaban J connectivity index is 1.21. The molecule has 1 aliphatic carbocycles. The summed E-state index contributed by atoms with van der Waals surface area (Å²) >= 11 is 0. The molecule has 3 N–H and O–H groups in total. The predicted octanol–water partition coefficient (Wildman–Crippen LogP) is 3.75. The van der Waals surface area contributed by atoms with Crippen molar-refractivity contribution >= 4 is 34.2 Å². The van der Waals surface area contributed by atoms with Crippen molar-refractivity contribution in [3.05, 3.63) is 88.0 Å². The highest BCUT2D eigenvalue weighted by molar-refractivity contribution is 6.07. The molecule has 3 amide bonds. The van der Waals surface area contributed by atoms with Crippen LogP contribution in [0, 0.1) is 22.0 Å². The van der Waals surface area contributed by atoms with E-state index in [-0.39, 0.29) is 35.2 Å². The number of hydrogen-bond acceptors (Lipinski definition) is 5. The van der Waals surface area contributed by atoms with Crippen LogP contribution in [0.2, 0.25) is 0 Å². The fraction of sp³-hybridized carbons (Fsp3) is 0.269. The number of hydrogen-bond donors (Lipinski definition) is 3. The summed E-state index contributed by atoms with van der Waals surface area (Å²) in [7, 11) is 0. The number of nitrogens with one attached hydrogen (secondary N) is 3. The van der Waals surface area contributed by atoms with Gasteiger partial charge in [-0.2, -0.15) is 0 Å². The maximum Gasteiger partial charge on any atom is 0.270 e. The lowest BCUT2D eigenvalue weighted by molar-refractivity contribution is -0.384. The summed E-state index contributed by atoms with van der Waals surface area (Å²) in [5.41, 5.74) is 5.89. The van der Waals surface area contributed by atoms with Crippen LogP contribution in [0.25, 0.3) is 10.8 Å². The van der Waals surface area contributed by atoms with Gasteiger partial charge in [0.15, 0.2) is 0 Å². The van der Waals surface area contributed by atoms with E-state index in [0.717, 1.165) is 23.6 Å². The molecule has 0 aromatic heterocycles. The van der Waals surface area contributed by atoms with Crippen LogP contribution in [0.5, 0.6) is 0 Å². The van der Waals surface area contributed by atoms with Crippen molar-refractivity contribution in [2.24, 2.45) is 11.8 Å². The Labute approximate surface area is 202 Å². The molecule has 4 rings (SSSR count). The van der Waals surface area contributed by atoms with E-state index in [2.05, 4.69) is 16.2 Å². The van der Waals surface area contributed by atoms with Crippen LogP contribution in [0.3, 0.4) is 0 Å². The summed E-state index contributed by atoms with van der Waals surface area (Å²) in [5.74, 6) is -0.823. The van der Waals surface area contributed by atoms with Crippen LogP contribution in [0.15, 0.2) is 66.7 Å². The number of nitro benzene ring substituents is 1. The Bertz CT molecular complexity index is 1240. The van der Waals surface area contributed by atoms with Crippen LogP contribution < -0.4 is 16.2 Å². The molecule has 3 aromatic rings. The Morgan fingerprint density at radius 2 is 1.51 bits per heavy atom. The first-order chi connectivity index (χ1) is 16.9. The van der Waals surface area contributed by atoms with E-state index in [1.807, 2.05) is 30.3 Å². The van der Waals surface area contributed by atoms with Crippen molar-refractivity contribution in [3.63, 3.8) is 0 Å². The molecule has 1 saturated carbocycles. The number of non-ortho nitro benzene ring substituents is 1. The number of rotatable bonds is 6. The highest BCUT2D eigenvalue weighted by atomic mass is 16.6. The molecule has 3 aromatic carbocycles. The van der Waals surface area contributed by atoms with Gasteiger partial charge in [0.05, 0.1) is 4.92 Å².